The van der Waals surface area contributed by atoms with Gasteiger partial charge in [0.25, 0.3) is 10.1 Å². The van der Waals surface area contributed by atoms with E-state index in [1.807, 2.05) is 13.8 Å². The summed E-state index contributed by atoms with van der Waals surface area (Å²) < 4.78 is 26.2. The molecule has 0 saturated carbocycles. The topological polar surface area (TPSA) is 118 Å². The molecule has 0 spiro atoms. The molecule has 0 bridgehead atoms. The minimum absolute atomic E-state index is 0.0151. The first kappa shape index (κ1) is 18.9. The standard InChI is InChI=1S/C12H22O7S/c1-9(2)7-12(11(15)16,8-10(13)14)5-4-6-19-20(3,17)18/h9H,4-8H2,1-3H3,(H,13,14)(H,15,16). The monoisotopic (exact) mass is 310 g/mol. The molecule has 0 aliphatic rings. The third-order valence-corrected chi connectivity index (χ3v) is 3.43. The van der Waals surface area contributed by atoms with Crippen molar-refractivity contribution >= 4 is 22.1 Å². The maximum atomic E-state index is 11.5. The quantitative estimate of drug-likeness (QED) is 0.461. The van der Waals surface area contributed by atoms with Crippen LogP contribution in [0, 0.1) is 11.3 Å². The van der Waals surface area contributed by atoms with E-state index >= 15 is 0 Å². The van der Waals surface area contributed by atoms with E-state index in [1.165, 1.54) is 0 Å². The van der Waals surface area contributed by atoms with Crippen LogP contribution in [-0.2, 0) is 23.9 Å². The molecule has 20 heavy (non-hydrogen) atoms. The zero-order valence-electron chi connectivity index (χ0n) is 12.0. The maximum absolute atomic E-state index is 11.5. The zero-order valence-corrected chi connectivity index (χ0v) is 12.8. The summed E-state index contributed by atoms with van der Waals surface area (Å²) in [5, 5.41) is 18.3. The fourth-order valence-corrected chi connectivity index (χ4v) is 2.64. The van der Waals surface area contributed by atoms with Crippen LogP contribution in [0.1, 0.15) is 39.5 Å². The number of carbonyl (C=O) groups is 2. The van der Waals surface area contributed by atoms with Crippen LogP contribution in [-0.4, -0.2) is 43.4 Å². The summed E-state index contributed by atoms with van der Waals surface area (Å²) in [6.45, 7) is 3.48. The Kier molecular flexibility index (Phi) is 7.15. The Bertz CT molecular complexity index is 441. The third-order valence-electron chi connectivity index (χ3n) is 2.84. The molecule has 0 aromatic rings. The molecule has 0 aliphatic heterocycles. The Morgan fingerprint density at radius 3 is 2.15 bits per heavy atom. The zero-order chi connectivity index (χ0) is 16.0. The highest BCUT2D eigenvalue weighted by molar-refractivity contribution is 7.85. The van der Waals surface area contributed by atoms with E-state index in [-0.39, 0.29) is 31.8 Å². The highest BCUT2D eigenvalue weighted by Gasteiger charge is 2.40. The lowest BCUT2D eigenvalue weighted by Crippen LogP contribution is -2.35. The first-order chi connectivity index (χ1) is 8.98. The summed E-state index contributed by atoms with van der Waals surface area (Å²) in [6.07, 6.45) is 0.859. The van der Waals surface area contributed by atoms with E-state index in [4.69, 9.17) is 5.11 Å². The van der Waals surface area contributed by atoms with Crippen molar-refractivity contribution in [1.29, 1.82) is 0 Å². The van der Waals surface area contributed by atoms with Gasteiger partial charge in [-0.2, -0.15) is 8.42 Å². The van der Waals surface area contributed by atoms with Crippen LogP contribution < -0.4 is 0 Å². The lowest BCUT2D eigenvalue weighted by Gasteiger charge is -2.29. The van der Waals surface area contributed by atoms with Crippen LogP contribution in [0.15, 0.2) is 0 Å². The van der Waals surface area contributed by atoms with Crippen LogP contribution in [0.5, 0.6) is 0 Å². The second-order valence-electron chi connectivity index (χ2n) is 5.38. The summed E-state index contributed by atoms with van der Waals surface area (Å²) >= 11 is 0. The van der Waals surface area contributed by atoms with Gasteiger partial charge in [-0.25, -0.2) is 0 Å². The molecule has 0 radical (unpaired) electrons. The van der Waals surface area contributed by atoms with E-state index in [0.717, 1.165) is 6.26 Å². The summed E-state index contributed by atoms with van der Waals surface area (Å²) in [7, 11) is -3.57. The molecule has 7 nitrogen and oxygen atoms in total. The molecule has 0 fully saturated rings. The van der Waals surface area contributed by atoms with Crippen molar-refractivity contribution in [3.63, 3.8) is 0 Å². The van der Waals surface area contributed by atoms with Gasteiger partial charge in [-0.15, -0.1) is 0 Å². The number of aliphatic carboxylic acids is 2. The van der Waals surface area contributed by atoms with Gasteiger partial charge in [-0.1, -0.05) is 13.8 Å². The Labute approximate surface area is 119 Å². The molecule has 0 rings (SSSR count). The highest BCUT2D eigenvalue weighted by Crippen LogP contribution is 2.36. The first-order valence-corrected chi connectivity index (χ1v) is 8.10. The molecule has 0 amide bonds. The van der Waals surface area contributed by atoms with Crippen LogP contribution in [0.4, 0.5) is 0 Å². The molecule has 118 valence electrons. The van der Waals surface area contributed by atoms with Gasteiger partial charge >= 0.3 is 11.9 Å². The molecule has 8 heteroatoms. The summed E-state index contributed by atoms with van der Waals surface area (Å²) in [4.78, 5) is 22.4. The van der Waals surface area contributed by atoms with Crippen molar-refractivity contribution in [2.24, 2.45) is 11.3 Å². The van der Waals surface area contributed by atoms with Crippen molar-refractivity contribution in [1.82, 2.24) is 0 Å². The van der Waals surface area contributed by atoms with E-state index in [0.29, 0.717) is 0 Å². The SMILES string of the molecule is CC(C)CC(CCCOS(C)(=O)=O)(CC(=O)O)C(=O)O. The fourth-order valence-electron chi connectivity index (χ4n) is 2.22. The van der Waals surface area contributed by atoms with Crippen molar-refractivity contribution in [3.8, 4) is 0 Å². The molecular formula is C12H22O7S. The Balaban J connectivity index is 4.82. The van der Waals surface area contributed by atoms with Gasteiger partial charge in [0.15, 0.2) is 0 Å². The van der Waals surface area contributed by atoms with E-state index < -0.39 is 33.9 Å². The normalized spacial score (nSPS) is 15.0. The van der Waals surface area contributed by atoms with Crippen LogP contribution in [0.3, 0.4) is 0 Å². The van der Waals surface area contributed by atoms with Crippen LogP contribution >= 0.6 is 0 Å². The smallest absolute Gasteiger partial charge is 0.310 e. The lowest BCUT2D eigenvalue weighted by molar-refractivity contribution is -0.157. The van der Waals surface area contributed by atoms with E-state index in [2.05, 4.69) is 4.18 Å². The van der Waals surface area contributed by atoms with Crippen LogP contribution in [0.25, 0.3) is 0 Å². The van der Waals surface area contributed by atoms with Gasteiger partial charge in [0, 0.05) is 0 Å². The highest BCUT2D eigenvalue weighted by atomic mass is 32.2. The second kappa shape index (κ2) is 7.58. The van der Waals surface area contributed by atoms with E-state index in [1.54, 1.807) is 0 Å². The predicted octanol–water partition coefficient (Wildman–Crippen LogP) is 1.33. The predicted molar refractivity (Wildman–Crippen MR) is 71.8 cm³/mol. The number of carboxylic acids is 2. The van der Waals surface area contributed by atoms with Gasteiger partial charge in [-0.3, -0.25) is 13.8 Å². The van der Waals surface area contributed by atoms with Crippen molar-refractivity contribution in [2.45, 2.75) is 39.5 Å². The van der Waals surface area contributed by atoms with Crippen molar-refractivity contribution in [3.05, 3.63) is 0 Å². The molecule has 0 aromatic heterocycles. The molecular weight excluding hydrogens is 288 g/mol. The minimum Gasteiger partial charge on any atom is -0.481 e. The lowest BCUT2D eigenvalue weighted by atomic mass is 9.74. The maximum Gasteiger partial charge on any atom is 0.310 e. The molecule has 0 saturated heterocycles. The van der Waals surface area contributed by atoms with Gasteiger partial charge in [0.05, 0.1) is 24.7 Å². The number of rotatable bonds is 10. The number of hydrogen-bond donors (Lipinski definition) is 2. The molecule has 1 atom stereocenters. The Morgan fingerprint density at radius 1 is 1.25 bits per heavy atom. The average molecular weight is 310 g/mol. The van der Waals surface area contributed by atoms with Crippen LogP contribution in [0.2, 0.25) is 0 Å². The molecule has 0 aromatic carbocycles. The summed E-state index contributed by atoms with van der Waals surface area (Å²) in [6, 6.07) is 0. The van der Waals surface area contributed by atoms with Crippen molar-refractivity contribution < 1.29 is 32.4 Å². The fraction of sp³-hybridized carbons (Fsp3) is 0.833. The number of carboxylic acid groups (broad SMARTS) is 2. The molecule has 2 N–H and O–H groups in total. The third kappa shape index (κ3) is 7.44. The van der Waals surface area contributed by atoms with E-state index in [9.17, 15) is 23.1 Å². The largest absolute Gasteiger partial charge is 0.481 e. The first-order valence-electron chi connectivity index (χ1n) is 6.28. The summed E-state index contributed by atoms with van der Waals surface area (Å²) in [5.41, 5.74) is -1.39. The van der Waals surface area contributed by atoms with Gasteiger partial charge < -0.3 is 10.2 Å². The Hall–Kier alpha value is -1.15. The average Bonchev–Trinajstić information content (AvgIpc) is 2.20. The number of hydrogen-bond acceptors (Lipinski definition) is 5. The van der Waals surface area contributed by atoms with Crippen molar-refractivity contribution in [2.75, 3.05) is 12.9 Å². The molecule has 1 unspecified atom stereocenters. The minimum atomic E-state index is -3.57. The second-order valence-corrected chi connectivity index (χ2v) is 7.03. The van der Waals surface area contributed by atoms with Gasteiger partial charge in [0.1, 0.15) is 0 Å². The molecule has 0 aliphatic carbocycles. The van der Waals surface area contributed by atoms with Gasteiger partial charge in [-0.05, 0) is 25.2 Å². The summed E-state index contributed by atoms with van der Waals surface area (Å²) in [5.74, 6) is -2.34. The van der Waals surface area contributed by atoms with Gasteiger partial charge in [0.2, 0.25) is 0 Å². The molecule has 0 heterocycles. The Morgan fingerprint density at radius 2 is 1.80 bits per heavy atom.